The van der Waals surface area contributed by atoms with Crippen LogP contribution >= 0.6 is 0 Å². The monoisotopic (exact) mass is 265 g/mol. The van der Waals surface area contributed by atoms with Gasteiger partial charge in [0.15, 0.2) is 0 Å². The number of ether oxygens (including phenoxy) is 2. The molecular formula is C14H23N3O2. The second kappa shape index (κ2) is 7.43. The SMILES string of the molecule is COCC(CNc1ccnc(CNC2CC2)c1)OC. The Hall–Kier alpha value is -1.17. The summed E-state index contributed by atoms with van der Waals surface area (Å²) in [4.78, 5) is 4.36. The summed E-state index contributed by atoms with van der Waals surface area (Å²) >= 11 is 0. The highest BCUT2D eigenvalue weighted by molar-refractivity contribution is 5.43. The minimum Gasteiger partial charge on any atom is -0.382 e. The van der Waals surface area contributed by atoms with Crippen molar-refractivity contribution in [2.75, 3.05) is 32.7 Å². The predicted molar refractivity (Wildman–Crippen MR) is 75.3 cm³/mol. The quantitative estimate of drug-likeness (QED) is 0.707. The molecule has 19 heavy (non-hydrogen) atoms. The van der Waals surface area contributed by atoms with Gasteiger partial charge in [0.25, 0.3) is 0 Å². The Morgan fingerprint density at radius 2 is 2.26 bits per heavy atom. The van der Waals surface area contributed by atoms with Gasteiger partial charge < -0.3 is 20.1 Å². The maximum Gasteiger partial charge on any atom is 0.0976 e. The molecule has 1 aromatic rings. The van der Waals surface area contributed by atoms with Gasteiger partial charge >= 0.3 is 0 Å². The normalized spacial score (nSPS) is 16.3. The van der Waals surface area contributed by atoms with Crippen LogP contribution in [0, 0.1) is 0 Å². The molecule has 1 atom stereocenters. The summed E-state index contributed by atoms with van der Waals surface area (Å²) in [6.45, 7) is 2.15. The van der Waals surface area contributed by atoms with Crippen LogP contribution in [0.4, 0.5) is 5.69 Å². The Morgan fingerprint density at radius 3 is 2.95 bits per heavy atom. The largest absolute Gasteiger partial charge is 0.382 e. The van der Waals surface area contributed by atoms with E-state index in [1.54, 1.807) is 14.2 Å². The van der Waals surface area contributed by atoms with Crippen LogP contribution in [0.1, 0.15) is 18.5 Å². The molecule has 5 heteroatoms. The van der Waals surface area contributed by atoms with Crippen molar-refractivity contribution in [1.82, 2.24) is 10.3 Å². The number of hydrogen-bond acceptors (Lipinski definition) is 5. The average Bonchev–Trinajstić information content (AvgIpc) is 3.26. The van der Waals surface area contributed by atoms with Crippen LogP contribution in [-0.2, 0) is 16.0 Å². The van der Waals surface area contributed by atoms with E-state index in [0.717, 1.165) is 24.5 Å². The zero-order valence-corrected chi connectivity index (χ0v) is 11.7. The maximum atomic E-state index is 5.31. The van der Waals surface area contributed by atoms with Gasteiger partial charge in [-0.05, 0) is 25.0 Å². The highest BCUT2D eigenvalue weighted by atomic mass is 16.5. The Kier molecular flexibility index (Phi) is 5.57. The first-order valence-corrected chi connectivity index (χ1v) is 6.75. The molecule has 2 rings (SSSR count). The lowest BCUT2D eigenvalue weighted by atomic mass is 10.3. The molecule has 0 amide bonds. The van der Waals surface area contributed by atoms with Crippen molar-refractivity contribution in [3.63, 3.8) is 0 Å². The third kappa shape index (κ3) is 5.14. The number of nitrogens with zero attached hydrogens (tertiary/aromatic N) is 1. The van der Waals surface area contributed by atoms with Crippen LogP contribution in [0.25, 0.3) is 0 Å². The number of rotatable bonds is 9. The third-order valence-electron chi connectivity index (χ3n) is 3.19. The van der Waals surface area contributed by atoms with Gasteiger partial charge in [0.2, 0.25) is 0 Å². The first-order chi connectivity index (χ1) is 9.31. The number of methoxy groups -OCH3 is 2. The van der Waals surface area contributed by atoms with Gasteiger partial charge in [-0.2, -0.15) is 0 Å². The van der Waals surface area contributed by atoms with E-state index in [9.17, 15) is 0 Å². The van der Waals surface area contributed by atoms with E-state index in [4.69, 9.17) is 9.47 Å². The van der Waals surface area contributed by atoms with E-state index in [2.05, 4.69) is 21.7 Å². The number of anilines is 1. The van der Waals surface area contributed by atoms with Crippen molar-refractivity contribution in [3.05, 3.63) is 24.0 Å². The van der Waals surface area contributed by atoms with Crippen molar-refractivity contribution in [2.45, 2.75) is 31.5 Å². The Bertz CT molecular complexity index is 383. The first kappa shape index (κ1) is 14.2. The first-order valence-electron chi connectivity index (χ1n) is 6.75. The topological polar surface area (TPSA) is 55.4 Å². The fourth-order valence-electron chi connectivity index (χ4n) is 1.85. The third-order valence-corrected chi connectivity index (χ3v) is 3.19. The molecule has 106 valence electrons. The van der Waals surface area contributed by atoms with Gasteiger partial charge in [-0.15, -0.1) is 0 Å². The number of nitrogens with one attached hydrogen (secondary N) is 2. The summed E-state index contributed by atoms with van der Waals surface area (Å²) in [7, 11) is 3.38. The molecule has 2 N–H and O–H groups in total. The molecule has 1 saturated carbocycles. The van der Waals surface area contributed by atoms with Gasteiger partial charge in [0.05, 0.1) is 18.4 Å². The Labute approximate surface area is 114 Å². The van der Waals surface area contributed by atoms with Gasteiger partial charge in [-0.25, -0.2) is 0 Å². The Morgan fingerprint density at radius 1 is 1.42 bits per heavy atom. The van der Waals surface area contributed by atoms with E-state index in [1.165, 1.54) is 12.8 Å². The van der Waals surface area contributed by atoms with E-state index < -0.39 is 0 Å². The van der Waals surface area contributed by atoms with Crippen LogP contribution in [0.2, 0.25) is 0 Å². The van der Waals surface area contributed by atoms with Crippen LogP contribution in [0.15, 0.2) is 18.3 Å². The fourth-order valence-corrected chi connectivity index (χ4v) is 1.85. The molecule has 0 radical (unpaired) electrons. The van der Waals surface area contributed by atoms with Gasteiger partial charge in [0, 0.05) is 45.2 Å². The van der Waals surface area contributed by atoms with Gasteiger partial charge in [-0.1, -0.05) is 0 Å². The molecule has 0 saturated heterocycles. The molecule has 1 aromatic heterocycles. The standard InChI is InChI=1S/C14H23N3O2/c1-18-10-14(19-2)9-17-12-5-6-15-13(7-12)8-16-11-3-4-11/h5-7,11,14,16H,3-4,8-10H2,1-2H3,(H,15,17). The molecule has 1 unspecified atom stereocenters. The molecule has 5 nitrogen and oxygen atoms in total. The Balaban J connectivity index is 1.79. The van der Waals surface area contributed by atoms with Crippen LogP contribution in [0.5, 0.6) is 0 Å². The average molecular weight is 265 g/mol. The summed E-state index contributed by atoms with van der Waals surface area (Å²) in [5.41, 5.74) is 2.14. The van der Waals surface area contributed by atoms with E-state index >= 15 is 0 Å². The zero-order chi connectivity index (χ0) is 13.5. The fraction of sp³-hybridized carbons (Fsp3) is 0.643. The zero-order valence-electron chi connectivity index (χ0n) is 11.7. The second-order valence-electron chi connectivity index (χ2n) is 4.88. The molecule has 0 bridgehead atoms. The van der Waals surface area contributed by atoms with Crippen molar-refractivity contribution in [2.24, 2.45) is 0 Å². The molecule has 0 spiro atoms. The van der Waals surface area contributed by atoms with E-state index in [-0.39, 0.29) is 6.10 Å². The maximum absolute atomic E-state index is 5.31. The van der Waals surface area contributed by atoms with E-state index in [0.29, 0.717) is 12.6 Å². The minimum atomic E-state index is 0.0613. The smallest absolute Gasteiger partial charge is 0.0976 e. The highest BCUT2D eigenvalue weighted by Crippen LogP contribution is 2.19. The molecule has 0 aromatic carbocycles. The van der Waals surface area contributed by atoms with Gasteiger partial charge in [-0.3, -0.25) is 4.98 Å². The number of hydrogen-bond donors (Lipinski definition) is 2. The summed E-state index contributed by atoms with van der Waals surface area (Å²) in [5.74, 6) is 0. The lowest BCUT2D eigenvalue weighted by Crippen LogP contribution is -2.26. The lowest BCUT2D eigenvalue weighted by Gasteiger charge is -2.16. The number of pyridine rings is 1. The number of aromatic nitrogens is 1. The van der Waals surface area contributed by atoms with Crippen molar-refractivity contribution in [1.29, 1.82) is 0 Å². The summed E-state index contributed by atoms with van der Waals surface area (Å²) in [6, 6.07) is 4.76. The van der Waals surface area contributed by atoms with Crippen molar-refractivity contribution >= 4 is 5.69 Å². The lowest BCUT2D eigenvalue weighted by molar-refractivity contribution is 0.0365. The van der Waals surface area contributed by atoms with Crippen LogP contribution in [0.3, 0.4) is 0 Å². The van der Waals surface area contributed by atoms with E-state index in [1.807, 2.05) is 12.3 Å². The molecule has 1 fully saturated rings. The summed E-state index contributed by atoms with van der Waals surface area (Å²) < 4.78 is 10.4. The summed E-state index contributed by atoms with van der Waals surface area (Å²) in [6.07, 6.45) is 4.49. The molecular weight excluding hydrogens is 242 g/mol. The van der Waals surface area contributed by atoms with Crippen molar-refractivity contribution < 1.29 is 9.47 Å². The van der Waals surface area contributed by atoms with Crippen LogP contribution < -0.4 is 10.6 Å². The van der Waals surface area contributed by atoms with Crippen molar-refractivity contribution in [3.8, 4) is 0 Å². The second-order valence-corrected chi connectivity index (χ2v) is 4.88. The minimum absolute atomic E-state index is 0.0613. The van der Waals surface area contributed by atoms with Crippen LogP contribution in [-0.4, -0.2) is 44.5 Å². The summed E-state index contributed by atoms with van der Waals surface area (Å²) in [5, 5.41) is 6.81. The molecule has 1 aliphatic carbocycles. The molecule has 0 aliphatic heterocycles. The molecule has 1 heterocycles. The predicted octanol–water partition coefficient (Wildman–Crippen LogP) is 1.41. The highest BCUT2D eigenvalue weighted by Gasteiger charge is 2.20. The van der Waals surface area contributed by atoms with Gasteiger partial charge in [0.1, 0.15) is 0 Å². The molecule has 1 aliphatic rings.